The molecule has 2 aromatic heterocycles. The summed E-state index contributed by atoms with van der Waals surface area (Å²) in [6.45, 7) is 3.88. The summed E-state index contributed by atoms with van der Waals surface area (Å²) >= 11 is 0. The van der Waals surface area contributed by atoms with E-state index in [2.05, 4.69) is 15.1 Å². The molecule has 16 heavy (non-hydrogen) atoms. The Bertz CT molecular complexity index is 480. The van der Waals surface area contributed by atoms with E-state index in [4.69, 9.17) is 10.5 Å². The fraction of sp³-hybridized carbons (Fsp3) is 0.300. The van der Waals surface area contributed by atoms with Crippen molar-refractivity contribution in [1.29, 1.82) is 0 Å². The third-order valence-electron chi connectivity index (χ3n) is 1.78. The van der Waals surface area contributed by atoms with Crippen LogP contribution < -0.4 is 10.5 Å². The van der Waals surface area contributed by atoms with Crippen LogP contribution in [-0.4, -0.2) is 25.9 Å². The zero-order valence-corrected chi connectivity index (χ0v) is 9.16. The van der Waals surface area contributed by atoms with Crippen molar-refractivity contribution in [2.45, 2.75) is 20.0 Å². The number of ether oxygens (including phenoxy) is 1. The largest absolute Gasteiger partial charge is 0.475 e. The SMILES string of the molecule is CC(C)Oc1ccnc(-n2cc(N)cn2)n1. The topological polar surface area (TPSA) is 78.9 Å². The molecule has 0 aromatic carbocycles. The summed E-state index contributed by atoms with van der Waals surface area (Å²) in [5.41, 5.74) is 6.13. The molecule has 2 N–H and O–H groups in total. The van der Waals surface area contributed by atoms with E-state index in [9.17, 15) is 0 Å². The number of anilines is 1. The maximum atomic E-state index is 5.56. The number of aromatic nitrogens is 4. The lowest BCUT2D eigenvalue weighted by molar-refractivity contribution is 0.232. The molecule has 0 unspecified atom stereocenters. The summed E-state index contributed by atoms with van der Waals surface area (Å²) in [7, 11) is 0. The number of hydrogen-bond acceptors (Lipinski definition) is 5. The molecule has 84 valence electrons. The molecule has 0 amide bonds. The van der Waals surface area contributed by atoms with Gasteiger partial charge in [-0.15, -0.1) is 0 Å². The van der Waals surface area contributed by atoms with E-state index < -0.39 is 0 Å². The van der Waals surface area contributed by atoms with Gasteiger partial charge in [0.1, 0.15) is 0 Å². The molecule has 0 aliphatic rings. The Hall–Kier alpha value is -2.11. The molecule has 0 saturated carbocycles. The van der Waals surface area contributed by atoms with Crippen molar-refractivity contribution in [3.05, 3.63) is 24.7 Å². The lowest BCUT2D eigenvalue weighted by Crippen LogP contribution is -2.09. The van der Waals surface area contributed by atoms with Crippen molar-refractivity contribution in [2.24, 2.45) is 0 Å². The van der Waals surface area contributed by atoms with Gasteiger partial charge in [0.05, 0.1) is 24.2 Å². The second kappa shape index (κ2) is 4.18. The second-order valence-electron chi connectivity index (χ2n) is 3.58. The van der Waals surface area contributed by atoms with Crippen molar-refractivity contribution in [1.82, 2.24) is 19.7 Å². The first-order chi connectivity index (χ1) is 7.65. The first kappa shape index (κ1) is 10.4. The molecule has 2 aromatic rings. The van der Waals surface area contributed by atoms with Crippen LogP contribution in [0.15, 0.2) is 24.7 Å². The fourth-order valence-electron chi connectivity index (χ4n) is 1.20. The van der Waals surface area contributed by atoms with Crippen LogP contribution in [0, 0.1) is 0 Å². The third-order valence-corrected chi connectivity index (χ3v) is 1.78. The number of rotatable bonds is 3. The molecule has 0 atom stereocenters. The highest BCUT2D eigenvalue weighted by molar-refractivity contribution is 5.33. The molecular formula is C10H13N5O. The van der Waals surface area contributed by atoms with E-state index in [1.54, 1.807) is 24.7 Å². The van der Waals surface area contributed by atoms with Crippen LogP contribution in [-0.2, 0) is 0 Å². The van der Waals surface area contributed by atoms with Gasteiger partial charge in [0.15, 0.2) is 0 Å². The molecule has 2 rings (SSSR count). The van der Waals surface area contributed by atoms with E-state index in [1.807, 2.05) is 13.8 Å². The van der Waals surface area contributed by atoms with E-state index in [0.717, 1.165) is 0 Å². The highest BCUT2D eigenvalue weighted by Gasteiger charge is 2.05. The monoisotopic (exact) mass is 219 g/mol. The van der Waals surface area contributed by atoms with Crippen LogP contribution in [0.1, 0.15) is 13.8 Å². The van der Waals surface area contributed by atoms with Gasteiger partial charge in [0.25, 0.3) is 5.95 Å². The Balaban J connectivity index is 2.28. The minimum Gasteiger partial charge on any atom is -0.475 e. The summed E-state index contributed by atoms with van der Waals surface area (Å²) in [6.07, 6.45) is 4.89. The Morgan fingerprint density at radius 1 is 1.44 bits per heavy atom. The average molecular weight is 219 g/mol. The summed E-state index contributed by atoms with van der Waals surface area (Å²) in [6, 6.07) is 1.70. The standard InChI is InChI=1S/C10H13N5O/c1-7(2)16-9-3-4-12-10(14-9)15-6-8(11)5-13-15/h3-7H,11H2,1-2H3. The summed E-state index contributed by atoms with van der Waals surface area (Å²) in [5, 5.41) is 4.02. The van der Waals surface area contributed by atoms with Crippen molar-refractivity contribution in [2.75, 3.05) is 5.73 Å². The van der Waals surface area contributed by atoms with Gasteiger partial charge in [-0.2, -0.15) is 10.1 Å². The Morgan fingerprint density at radius 2 is 2.25 bits per heavy atom. The second-order valence-corrected chi connectivity index (χ2v) is 3.58. The number of nitrogens with zero attached hydrogens (tertiary/aromatic N) is 4. The zero-order chi connectivity index (χ0) is 11.5. The van der Waals surface area contributed by atoms with Crippen LogP contribution in [0.4, 0.5) is 5.69 Å². The van der Waals surface area contributed by atoms with Gasteiger partial charge in [0, 0.05) is 12.3 Å². The van der Waals surface area contributed by atoms with Gasteiger partial charge in [-0.3, -0.25) is 0 Å². The third kappa shape index (κ3) is 2.28. The van der Waals surface area contributed by atoms with E-state index in [0.29, 0.717) is 17.5 Å². The van der Waals surface area contributed by atoms with E-state index in [1.165, 1.54) is 4.68 Å². The Labute approximate surface area is 93.1 Å². The molecule has 0 fully saturated rings. The molecular weight excluding hydrogens is 206 g/mol. The highest BCUT2D eigenvalue weighted by Crippen LogP contribution is 2.10. The predicted octanol–water partition coefficient (Wildman–Crippen LogP) is 1.03. The lowest BCUT2D eigenvalue weighted by Gasteiger charge is -2.08. The average Bonchev–Trinajstić information content (AvgIpc) is 2.64. The maximum Gasteiger partial charge on any atom is 0.253 e. The van der Waals surface area contributed by atoms with Crippen LogP contribution >= 0.6 is 0 Å². The normalized spacial score (nSPS) is 10.7. The first-order valence-electron chi connectivity index (χ1n) is 4.95. The highest BCUT2D eigenvalue weighted by atomic mass is 16.5. The van der Waals surface area contributed by atoms with Crippen LogP contribution in [0.2, 0.25) is 0 Å². The van der Waals surface area contributed by atoms with Gasteiger partial charge in [0.2, 0.25) is 5.88 Å². The maximum absolute atomic E-state index is 5.56. The Kier molecular flexibility index (Phi) is 2.72. The molecule has 2 heterocycles. The van der Waals surface area contributed by atoms with E-state index >= 15 is 0 Å². The zero-order valence-electron chi connectivity index (χ0n) is 9.16. The number of nitrogens with two attached hydrogens (primary N) is 1. The molecule has 0 saturated heterocycles. The van der Waals surface area contributed by atoms with Gasteiger partial charge in [-0.1, -0.05) is 0 Å². The fourth-order valence-corrected chi connectivity index (χ4v) is 1.20. The molecule has 0 spiro atoms. The van der Waals surface area contributed by atoms with Crippen molar-refractivity contribution in [3.8, 4) is 11.8 Å². The molecule has 6 nitrogen and oxygen atoms in total. The summed E-state index contributed by atoms with van der Waals surface area (Å²) < 4.78 is 6.96. The minimum atomic E-state index is 0.0745. The summed E-state index contributed by atoms with van der Waals surface area (Å²) in [5.74, 6) is 0.962. The first-order valence-corrected chi connectivity index (χ1v) is 4.95. The van der Waals surface area contributed by atoms with Crippen molar-refractivity contribution in [3.63, 3.8) is 0 Å². The predicted molar refractivity (Wildman–Crippen MR) is 59.3 cm³/mol. The van der Waals surface area contributed by atoms with E-state index in [-0.39, 0.29) is 6.10 Å². The smallest absolute Gasteiger partial charge is 0.253 e. The van der Waals surface area contributed by atoms with Crippen LogP contribution in [0.25, 0.3) is 5.95 Å². The van der Waals surface area contributed by atoms with Crippen LogP contribution in [0.5, 0.6) is 5.88 Å². The summed E-state index contributed by atoms with van der Waals surface area (Å²) in [4.78, 5) is 8.29. The number of nitrogen functional groups attached to an aromatic ring is 1. The van der Waals surface area contributed by atoms with Crippen molar-refractivity contribution < 1.29 is 4.74 Å². The van der Waals surface area contributed by atoms with Crippen molar-refractivity contribution >= 4 is 5.69 Å². The Morgan fingerprint density at radius 3 is 2.88 bits per heavy atom. The van der Waals surface area contributed by atoms with Gasteiger partial charge in [-0.25, -0.2) is 9.67 Å². The molecule has 0 aliphatic heterocycles. The molecule has 6 heteroatoms. The molecule has 0 bridgehead atoms. The molecule has 0 radical (unpaired) electrons. The minimum absolute atomic E-state index is 0.0745. The van der Waals surface area contributed by atoms with Gasteiger partial charge in [-0.05, 0) is 13.8 Å². The van der Waals surface area contributed by atoms with Gasteiger partial charge >= 0.3 is 0 Å². The lowest BCUT2D eigenvalue weighted by atomic mass is 10.5. The number of hydrogen-bond donors (Lipinski definition) is 1. The quantitative estimate of drug-likeness (QED) is 0.834. The van der Waals surface area contributed by atoms with Gasteiger partial charge < -0.3 is 10.5 Å². The molecule has 0 aliphatic carbocycles. The van der Waals surface area contributed by atoms with Crippen LogP contribution in [0.3, 0.4) is 0 Å².